The molecule has 1 aromatic rings. The number of aliphatic hydroxyl groups excluding tert-OH is 1. The Kier molecular flexibility index (Phi) is 5.35. The van der Waals surface area contributed by atoms with Crippen molar-refractivity contribution in [3.05, 3.63) is 21.9 Å². The highest BCUT2D eigenvalue weighted by atomic mass is 32.1. The van der Waals surface area contributed by atoms with Gasteiger partial charge in [0.2, 0.25) is 0 Å². The van der Waals surface area contributed by atoms with Gasteiger partial charge in [0, 0.05) is 22.9 Å². The number of carbonyl (C=O) groups is 1. The summed E-state index contributed by atoms with van der Waals surface area (Å²) in [7, 11) is 1.51. The summed E-state index contributed by atoms with van der Waals surface area (Å²) < 4.78 is 5.09. The van der Waals surface area contributed by atoms with Crippen LogP contribution in [0.1, 0.15) is 24.3 Å². The highest BCUT2D eigenvalue weighted by Gasteiger charge is 2.26. The molecule has 4 nitrogen and oxygen atoms in total. The summed E-state index contributed by atoms with van der Waals surface area (Å²) in [4.78, 5) is 12.8. The number of methoxy groups -OCH3 is 1. The van der Waals surface area contributed by atoms with E-state index in [1.165, 1.54) is 18.4 Å². The van der Waals surface area contributed by atoms with E-state index in [1.807, 2.05) is 11.4 Å². The summed E-state index contributed by atoms with van der Waals surface area (Å²) in [5.74, 6) is 5.25. The van der Waals surface area contributed by atoms with E-state index >= 15 is 0 Å². The van der Waals surface area contributed by atoms with Crippen LogP contribution in [-0.4, -0.2) is 30.3 Å². The zero-order valence-electron chi connectivity index (χ0n) is 10.7. The summed E-state index contributed by atoms with van der Waals surface area (Å²) >= 11 is 1.52. The molecule has 0 saturated heterocycles. The monoisotopic (exact) mass is 267 g/mol. The first-order valence-corrected chi connectivity index (χ1v) is 6.38. The molecule has 0 aliphatic heterocycles. The van der Waals surface area contributed by atoms with E-state index < -0.39 is 5.60 Å². The third-order valence-corrected chi connectivity index (χ3v) is 3.38. The van der Waals surface area contributed by atoms with Gasteiger partial charge in [0.15, 0.2) is 0 Å². The summed E-state index contributed by atoms with van der Waals surface area (Å²) in [6.07, 6.45) is 0. The highest BCUT2D eigenvalue weighted by molar-refractivity contribution is 7.10. The van der Waals surface area contributed by atoms with Crippen molar-refractivity contribution in [1.29, 1.82) is 0 Å². The molecule has 0 aliphatic rings. The van der Waals surface area contributed by atoms with Crippen molar-refractivity contribution in [2.24, 2.45) is 0 Å². The first-order valence-electron chi connectivity index (χ1n) is 5.50. The van der Waals surface area contributed by atoms with Crippen LogP contribution in [0.15, 0.2) is 11.4 Å². The molecule has 0 fully saturated rings. The molecule has 2 N–H and O–H groups in total. The van der Waals surface area contributed by atoms with Gasteiger partial charge in [0.25, 0.3) is 5.91 Å². The van der Waals surface area contributed by atoms with Crippen LogP contribution in [0.3, 0.4) is 0 Å². The molecule has 0 bridgehead atoms. The van der Waals surface area contributed by atoms with Crippen LogP contribution in [-0.2, 0) is 16.1 Å². The van der Waals surface area contributed by atoms with Gasteiger partial charge in [-0.2, -0.15) is 0 Å². The minimum absolute atomic E-state index is 0.149. The first-order chi connectivity index (χ1) is 8.49. The molecule has 1 rings (SSSR count). The van der Waals surface area contributed by atoms with Crippen molar-refractivity contribution in [2.45, 2.75) is 26.0 Å². The van der Waals surface area contributed by atoms with E-state index in [9.17, 15) is 4.79 Å². The van der Waals surface area contributed by atoms with Gasteiger partial charge in [-0.15, -0.1) is 11.3 Å². The molecular weight excluding hydrogens is 250 g/mol. The highest BCUT2D eigenvalue weighted by Crippen LogP contribution is 2.14. The maximum atomic E-state index is 11.8. The maximum Gasteiger partial charge on any atom is 0.251 e. The van der Waals surface area contributed by atoms with E-state index in [0.717, 1.165) is 10.4 Å². The number of hydrogen-bond donors (Lipinski definition) is 2. The molecule has 0 aromatic carbocycles. The third-order valence-electron chi connectivity index (χ3n) is 2.45. The molecule has 0 saturated carbocycles. The Morgan fingerprint density at radius 2 is 2.33 bits per heavy atom. The predicted octanol–water partition coefficient (Wildman–Crippen LogP) is 1.13. The lowest BCUT2D eigenvalue weighted by Gasteiger charge is -2.21. The van der Waals surface area contributed by atoms with Crippen molar-refractivity contribution in [3.63, 3.8) is 0 Å². The van der Waals surface area contributed by atoms with E-state index in [4.69, 9.17) is 9.84 Å². The van der Waals surface area contributed by atoms with Gasteiger partial charge >= 0.3 is 0 Å². The van der Waals surface area contributed by atoms with Crippen LogP contribution in [0.25, 0.3) is 0 Å². The average Bonchev–Trinajstić information content (AvgIpc) is 2.81. The minimum Gasteiger partial charge on any atom is -0.384 e. The number of ether oxygens (including phenoxy) is 1. The molecule has 1 aromatic heterocycles. The molecule has 5 heteroatoms. The van der Waals surface area contributed by atoms with E-state index in [1.54, 1.807) is 13.8 Å². The number of aliphatic hydroxyl groups is 1. The zero-order valence-corrected chi connectivity index (χ0v) is 11.6. The van der Waals surface area contributed by atoms with Gasteiger partial charge in [0.05, 0.1) is 6.54 Å². The van der Waals surface area contributed by atoms with Gasteiger partial charge in [-0.3, -0.25) is 4.79 Å². The fourth-order valence-corrected chi connectivity index (χ4v) is 1.91. The molecule has 1 amide bonds. The molecule has 0 unspecified atom stereocenters. The van der Waals surface area contributed by atoms with Crippen molar-refractivity contribution < 1.29 is 14.6 Å². The Morgan fingerprint density at radius 3 is 2.94 bits per heavy atom. The standard InChI is InChI=1S/C13H17NO3S/c1-13(2,17-3)12(16)14-8-11-7-10(9-18-11)5-4-6-15/h7,9,15H,6,8H2,1-3H3,(H,14,16). The van der Waals surface area contributed by atoms with Crippen molar-refractivity contribution in [1.82, 2.24) is 5.32 Å². The van der Waals surface area contributed by atoms with Crippen molar-refractivity contribution in [3.8, 4) is 11.8 Å². The molecule has 1 heterocycles. The normalized spacial score (nSPS) is 10.7. The van der Waals surface area contributed by atoms with Gasteiger partial charge in [0.1, 0.15) is 12.2 Å². The number of carbonyl (C=O) groups excluding carboxylic acids is 1. The summed E-state index contributed by atoms with van der Waals surface area (Å²) in [5, 5.41) is 13.3. The second kappa shape index (κ2) is 6.55. The van der Waals surface area contributed by atoms with Crippen molar-refractivity contribution in [2.75, 3.05) is 13.7 Å². The average molecular weight is 267 g/mol. The SMILES string of the molecule is COC(C)(C)C(=O)NCc1cc(C#CCO)cs1. The quantitative estimate of drug-likeness (QED) is 0.804. The maximum absolute atomic E-state index is 11.8. The molecule has 98 valence electrons. The molecule has 18 heavy (non-hydrogen) atoms. The van der Waals surface area contributed by atoms with E-state index in [0.29, 0.717) is 6.54 Å². The minimum atomic E-state index is -0.823. The lowest BCUT2D eigenvalue weighted by molar-refractivity contribution is -0.139. The zero-order chi connectivity index (χ0) is 13.6. The molecule has 0 radical (unpaired) electrons. The second-order valence-electron chi connectivity index (χ2n) is 4.16. The van der Waals surface area contributed by atoms with Crippen molar-refractivity contribution >= 4 is 17.2 Å². The number of hydrogen-bond acceptors (Lipinski definition) is 4. The van der Waals surface area contributed by atoms with Crippen LogP contribution in [0.2, 0.25) is 0 Å². The van der Waals surface area contributed by atoms with Gasteiger partial charge < -0.3 is 15.2 Å². The Hall–Kier alpha value is -1.35. The predicted molar refractivity (Wildman–Crippen MR) is 71.2 cm³/mol. The van der Waals surface area contributed by atoms with Crippen LogP contribution in [0, 0.1) is 11.8 Å². The van der Waals surface area contributed by atoms with Gasteiger partial charge in [-0.1, -0.05) is 11.8 Å². The Bertz CT molecular complexity index is 468. The Balaban J connectivity index is 2.54. The molecular formula is C13H17NO3S. The third kappa shape index (κ3) is 4.15. The van der Waals surface area contributed by atoms with E-state index in [2.05, 4.69) is 17.2 Å². The molecule has 0 spiro atoms. The second-order valence-corrected chi connectivity index (χ2v) is 5.15. The lowest BCUT2D eigenvalue weighted by atomic mass is 10.1. The van der Waals surface area contributed by atoms with Crippen LogP contribution in [0.5, 0.6) is 0 Å². The number of rotatable bonds is 4. The number of nitrogens with one attached hydrogen (secondary N) is 1. The summed E-state index contributed by atoms with van der Waals surface area (Å²) in [6.45, 7) is 3.74. The van der Waals surface area contributed by atoms with Crippen LogP contribution < -0.4 is 5.32 Å². The topological polar surface area (TPSA) is 58.6 Å². The summed E-state index contributed by atoms with van der Waals surface area (Å²) in [5.41, 5.74) is 0.0286. The molecule has 0 aliphatic carbocycles. The number of amides is 1. The fraction of sp³-hybridized carbons (Fsp3) is 0.462. The van der Waals surface area contributed by atoms with E-state index in [-0.39, 0.29) is 12.5 Å². The lowest BCUT2D eigenvalue weighted by Crippen LogP contribution is -2.43. The Labute approximate surface area is 111 Å². The Morgan fingerprint density at radius 1 is 1.61 bits per heavy atom. The van der Waals surface area contributed by atoms with Crippen LogP contribution >= 0.6 is 11.3 Å². The first kappa shape index (κ1) is 14.7. The largest absolute Gasteiger partial charge is 0.384 e. The van der Waals surface area contributed by atoms with Crippen LogP contribution in [0.4, 0.5) is 0 Å². The number of thiophene rings is 1. The van der Waals surface area contributed by atoms with Gasteiger partial charge in [-0.05, 0) is 19.9 Å². The fourth-order valence-electron chi connectivity index (χ4n) is 1.15. The van der Waals surface area contributed by atoms with Gasteiger partial charge in [-0.25, -0.2) is 0 Å². The summed E-state index contributed by atoms with van der Waals surface area (Å²) in [6, 6.07) is 1.90. The smallest absolute Gasteiger partial charge is 0.251 e. The molecule has 0 atom stereocenters.